The van der Waals surface area contributed by atoms with Crippen molar-refractivity contribution < 1.29 is 30.8 Å². The summed E-state index contributed by atoms with van der Waals surface area (Å²) in [6, 6.07) is 0. The zero-order valence-corrected chi connectivity index (χ0v) is 12.7. The van der Waals surface area contributed by atoms with E-state index in [0.717, 1.165) is 0 Å². The lowest BCUT2D eigenvalue weighted by molar-refractivity contribution is 0.0943. The fourth-order valence-electron chi connectivity index (χ4n) is 1.60. The summed E-state index contributed by atoms with van der Waals surface area (Å²) in [5.41, 5.74) is 5.01. The maximum absolute atomic E-state index is 13.7. The van der Waals surface area contributed by atoms with Crippen LogP contribution in [0.5, 0.6) is 0 Å². The van der Waals surface area contributed by atoms with Crippen LogP contribution in [0.1, 0.15) is 16.8 Å². The first-order valence-electron chi connectivity index (χ1n) is 6.20. The van der Waals surface area contributed by atoms with Gasteiger partial charge in [-0.05, 0) is 12.0 Å². The number of benzene rings is 1. The molecule has 0 atom stereocenters. The van der Waals surface area contributed by atoms with Crippen molar-refractivity contribution in [1.29, 1.82) is 0 Å². The van der Waals surface area contributed by atoms with Gasteiger partial charge in [0.15, 0.2) is 33.1 Å². The molecule has 0 saturated heterocycles. The topological polar surface area (TPSA) is 112 Å². The number of rotatable bonds is 7. The van der Waals surface area contributed by atoms with Gasteiger partial charge in [0.2, 0.25) is 0 Å². The van der Waals surface area contributed by atoms with E-state index >= 15 is 0 Å². The predicted molar refractivity (Wildman–Crippen MR) is 76.0 cm³/mol. The van der Waals surface area contributed by atoms with E-state index in [1.165, 1.54) is 0 Å². The monoisotopic (exact) mass is 366 g/mol. The van der Waals surface area contributed by atoms with Crippen molar-refractivity contribution in [2.45, 2.75) is 6.42 Å². The number of sulfone groups is 1. The fourth-order valence-corrected chi connectivity index (χ4v) is 2.31. The molecule has 0 unspecified atom stereocenters. The van der Waals surface area contributed by atoms with E-state index in [1.807, 2.05) is 10.2 Å². The number of nitrogens with one attached hydrogen (secondary N) is 1. The molecule has 0 saturated carbocycles. The summed E-state index contributed by atoms with van der Waals surface area (Å²) in [6.07, 6.45) is -0.120. The molecule has 1 aromatic carbocycles. The third kappa shape index (κ3) is 4.24. The number of carbonyl (C=O) groups excluding carboxylic acids is 1. The summed E-state index contributed by atoms with van der Waals surface area (Å²) in [5.74, 6) is -10.00. The van der Waals surface area contributed by atoms with Crippen LogP contribution in [0.25, 0.3) is 10.4 Å². The third-order valence-electron chi connectivity index (χ3n) is 2.76. The second-order valence-corrected chi connectivity index (χ2v) is 6.38. The smallest absolute Gasteiger partial charge is 0.257 e. The Morgan fingerprint density at radius 2 is 1.75 bits per heavy atom. The number of hydrogen-bond acceptors (Lipinski definition) is 4. The van der Waals surface area contributed by atoms with Gasteiger partial charge in [-0.2, -0.15) is 0 Å². The first kappa shape index (κ1) is 19.5. The zero-order valence-electron chi connectivity index (χ0n) is 11.9. The molecule has 0 aliphatic rings. The molecule has 0 fully saturated rings. The maximum atomic E-state index is 13.7. The quantitative estimate of drug-likeness (QED) is 0.200. The number of amides is 1. The highest BCUT2D eigenvalue weighted by molar-refractivity contribution is 7.94. The molecule has 0 aliphatic heterocycles. The molecule has 24 heavy (non-hydrogen) atoms. The Morgan fingerprint density at radius 1 is 1.21 bits per heavy atom. The van der Waals surface area contributed by atoms with Gasteiger partial charge in [0, 0.05) is 16.9 Å². The average molecular weight is 366 g/mol. The van der Waals surface area contributed by atoms with E-state index in [2.05, 4.69) is 11.7 Å². The molecule has 0 heterocycles. The van der Waals surface area contributed by atoms with E-state index in [0.29, 0.717) is 5.41 Å². The SMILES string of the molecule is C=CS(=O)(=O)CCCNC(=O)c1c(F)c(F)c(N=[N+]=[N-])c(F)c1F. The van der Waals surface area contributed by atoms with Crippen LogP contribution in [0.3, 0.4) is 0 Å². The first-order chi connectivity index (χ1) is 11.2. The Morgan fingerprint density at radius 3 is 2.21 bits per heavy atom. The Bertz CT molecular complexity index is 806. The Balaban J connectivity index is 3.00. The molecule has 0 aromatic heterocycles. The minimum Gasteiger partial charge on any atom is -0.352 e. The Hall–Kier alpha value is -2.59. The van der Waals surface area contributed by atoms with Crippen LogP contribution >= 0.6 is 0 Å². The lowest BCUT2D eigenvalue weighted by Gasteiger charge is -2.10. The summed E-state index contributed by atoms with van der Waals surface area (Å²) in [7, 11) is -3.53. The number of carbonyl (C=O) groups is 1. The maximum Gasteiger partial charge on any atom is 0.257 e. The van der Waals surface area contributed by atoms with Crippen LogP contribution in [0, 0.1) is 23.3 Å². The fraction of sp³-hybridized carbons (Fsp3) is 0.250. The minimum absolute atomic E-state index is 0.120. The van der Waals surface area contributed by atoms with Crippen molar-refractivity contribution in [3.05, 3.63) is 51.3 Å². The standard InChI is InChI=1S/C12H10F4N4O3S/c1-2-24(22,23)5-3-4-18-12(21)6-7(13)9(15)11(19-20-17)10(16)8(6)14/h2H,1,3-5H2,(H,18,21). The molecular weight excluding hydrogens is 356 g/mol. The number of nitrogens with zero attached hydrogens (tertiary/aromatic N) is 3. The van der Waals surface area contributed by atoms with Crippen LogP contribution in [0.4, 0.5) is 23.2 Å². The van der Waals surface area contributed by atoms with E-state index in [9.17, 15) is 30.8 Å². The first-order valence-corrected chi connectivity index (χ1v) is 7.92. The molecule has 1 aromatic rings. The predicted octanol–water partition coefficient (Wildman–Crippen LogP) is 2.86. The van der Waals surface area contributed by atoms with Crippen molar-refractivity contribution in [2.75, 3.05) is 12.3 Å². The summed E-state index contributed by atoms with van der Waals surface area (Å²) in [4.78, 5) is 13.7. The summed E-state index contributed by atoms with van der Waals surface area (Å²) < 4.78 is 76.7. The van der Waals surface area contributed by atoms with Gasteiger partial charge in [-0.3, -0.25) is 4.79 Å². The number of hydrogen-bond donors (Lipinski definition) is 1. The molecule has 0 radical (unpaired) electrons. The zero-order chi connectivity index (χ0) is 18.5. The normalized spacial score (nSPS) is 10.8. The molecule has 7 nitrogen and oxygen atoms in total. The van der Waals surface area contributed by atoms with Crippen molar-refractivity contribution in [3.63, 3.8) is 0 Å². The van der Waals surface area contributed by atoms with Crippen molar-refractivity contribution in [1.82, 2.24) is 5.32 Å². The second-order valence-electron chi connectivity index (χ2n) is 4.31. The van der Waals surface area contributed by atoms with E-state index in [1.54, 1.807) is 0 Å². The molecule has 1 rings (SSSR count). The van der Waals surface area contributed by atoms with Gasteiger partial charge >= 0.3 is 0 Å². The van der Waals surface area contributed by atoms with Gasteiger partial charge in [-0.1, -0.05) is 11.7 Å². The number of azide groups is 1. The molecule has 130 valence electrons. The molecule has 0 aliphatic carbocycles. The number of halogens is 4. The lowest BCUT2D eigenvalue weighted by Crippen LogP contribution is -2.28. The van der Waals surface area contributed by atoms with Crippen molar-refractivity contribution in [2.24, 2.45) is 5.11 Å². The molecular formula is C12H10F4N4O3S. The lowest BCUT2D eigenvalue weighted by atomic mass is 10.1. The third-order valence-corrected chi connectivity index (χ3v) is 4.12. The summed E-state index contributed by atoms with van der Waals surface area (Å²) in [5, 5.41) is 5.11. The molecule has 1 N–H and O–H groups in total. The molecule has 0 bridgehead atoms. The van der Waals surface area contributed by atoms with E-state index < -0.39 is 50.3 Å². The van der Waals surface area contributed by atoms with Crippen molar-refractivity contribution >= 4 is 21.4 Å². The van der Waals surface area contributed by atoms with Gasteiger partial charge < -0.3 is 5.32 Å². The van der Waals surface area contributed by atoms with Gasteiger partial charge in [0.05, 0.1) is 5.75 Å². The van der Waals surface area contributed by atoms with Crippen molar-refractivity contribution in [3.8, 4) is 0 Å². The van der Waals surface area contributed by atoms with Crippen LogP contribution in [0.15, 0.2) is 17.1 Å². The van der Waals surface area contributed by atoms with Crippen LogP contribution in [-0.2, 0) is 9.84 Å². The van der Waals surface area contributed by atoms with E-state index in [4.69, 9.17) is 5.53 Å². The van der Waals surface area contributed by atoms with Gasteiger partial charge in [0.25, 0.3) is 5.91 Å². The average Bonchev–Trinajstić information content (AvgIpc) is 2.54. The second kappa shape index (κ2) is 7.79. The Labute approximate surface area is 133 Å². The van der Waals surface area contributed by atoms with Gasteiger partial charge in [-0.15, -0.1) is 0 Å². The highest BCUT2D eigenvalue weighted by Crippen LogP contribution is 2.30. The van der Waals surface area contributed by atoms with Crippen LogP contribution < -0.4 is 5.32 Å². The van der Waals surface area contributed by atoms with Gasteiger partial charge in [0.1, 0.15) is 11.3 Å². The molecule has 1 amide bonds. The van der Waals surface area contributed by atoms with E-state index in [-0.39, 0.29) is 18.7 Å². The van der Waals surface area contributed by atoms with Crippen LogP contribution in [0.2, 0.25) is 0 Å². The highest BCUT2D eigenvalue weighted by Gasteiger charge is 2.28. The summed E-state index contributed by atoms with van der Waals surface area (Å²) in [6.45, 7) is 2.74. The highest BCUT2D eigenvalue weighted by atomic mass is 32.2. The van der Waals surface area contributed by atoms with Crippen LogP contribution in [-0.4, -0.2) is 26.6 Å². The summed E-state index contributed by atoms with van der Waals surface area (Å²) >= 11 is 0. The molecule has 0 spiro atoms. The minimum atomic E-state index is -3.53. The van der Waals surface area contributed by atoms with Gasteiger partial charge in [-0.25, -0.2) is 26.0 Å². The Kier molecular flexibility index (Phi) is 6.32. The molecule has 12 heteroatoms. The largest absolute Gasteiger partial charge is 0.352 e.